The molecule has 1 unspecified atom stereocenters. The van der Waals surface area contributed by atoms with Gasteiger partial charge in [-0.25, -0.2) is 13.6 Å². The fourth-order valence-corrected chi connectivity index (χ4v) is 4.32. The third kappa shape index (κ3) is 6.13. The first-order chi connectivity index (χ1) is 15.2. The number of carbonyl (C=O) groups is 2. The topological polar surface area (TPSA) is 93.3 Å². The zero-order valence-electron chi connectivity index (χ0n) is 16.4. The molecule has 0 saturated carbocycles. The highest BCUT2D eigenvalue weighted by Crippen LogP contribution is 2.26. The molecule has 3 amide bonds. The van der Waals surface area contributed by atoms with Crippen LogP contribution >= 0.6 is 23.5 Å². The summed E-state index contributed by atoms with van der Waals surface area (Å²) in [6.07, 6.45) is 1.52. The van der Waals surface area contributed by atoms with E-state index in [0.29, 0.717) is 26.2 Å². The summed E-state index contributed by atoms with van der Waals surface area (Å²) in [5, 5.41) is 5.34. The third-order valence-electron chi connectivity index (χ3n) is 4.07. The molecule has 3 aromatic rings. The van der Waals surface area contributed by atoms with Gasteiger partial charge < -0.3 is 15.2 Å². The van der Waals surface area contributed by atoms with Crippen LogP contribution in [0.5, 0.6) is 0 Å². The van der Waals surface area contributed by atoms with E-state index in [1.165, 1.54) is 36.6 Å². The van der Waals surface area contributed by atoms with E-state index in [9.17, 15) is 22.9 Å². The van der Waals surface area contributed by atoms with E-state index >= 15 is 0 Å². The largest absolute Gasteiger partial charge is 0.612 e. The van der Waals surface area contributed by atoms with Crippen molar-refractivity contribution in [3.63, 3.8) is 0 Å². The first-order valence-corrected chi connectivity index (χ1v) is 11.7. The first-order valence-electron chi connectivity index (χ1n) is 8.97. The molecule has 0 radical (unpaired) electrons. The molecule has 1 atom stereocenters. The highest BCUT2D eigenvalue weighted by atomic mass is 35.5. The van der Waals surface area contributed by atoms with Crippen molar-refractivity contribution in [2.45, 2.75) is 9.79 Å². The van der Waals surface area contributed by atoms with Crippen molar-refractivity contribution < 1.29 is 22.9 Å². The van der Waals surface area contributed by atoms with Gasteiger partial charge in [0.25, 0.3) is 5.91 Å². The van der Waals surface area contributed by atoms with Crippen LogP contribution in [-0.4, -0.2) is 22.7 Å². The maximum atomic E-state index is 13.7. The molecule has 166 valence electrons. The van der Waals surface area contributed by atoms with E-state index in [-0.39, 0.29) is 0 Å². The number of amides is 3. The standard InChI is InChI=1S/C21H16ClF2N3O3S2/c1-32(30)18-10-9-14(11-15(18)22)31-27-21(29)26-13-7-5-12(6-8-13)25-20(28)19-16(23)3-2-4-17(19)24/h2-11H,1H3,(H,25,28)(H2,26,27,29). The van der Waals surface area contributed by atoms with Crippen molar-refractivity contribution in [1.29, 1.82) is 0 Å². The summed E-state index contributed by atoms with van der Waals surface area (Å²) in [6, 6.07) is 13.5. The average molecular weight is 496 g/mol. The molecular weight excluding hydrogens is 480 g/mol. The zero-order valence-corrected chi connectivity index (χ0v) is 18.8. The number of carbonyl (C=O) groups excluding carboxylic acids is 2. The predicted octanol–water partition coefficient (Wildman–Crippen LogP) is 5.44. The van der Waals surface area contributed by atoms with E-state index in [4.69, 9.17) is 11.6 Å². The molecule has 3 rings (SSSR count). The summed E-state index contributed by atoms with van der Waals surface area (Å²) < 4.78 is 41.5. The van der Waals surface area contributed by atoms with Crippen LogP contribution in [0.25, 0.3) is 0 Å². The summed E-state index contributed by atoms with van der Waals surface area (Å²) >= 11 is 5.88. The van der Waals surface area contributed by atoms with Crippen LogP contribution in [0.3, 0.4) is 0 Å². The number of rotatable bonds is 6. The Kier molecular flexibility index (Phi) is 7.97. The summed E-state index contributed by atoms with van der Waals surface area (Å²) in [6.45, 7) is 0. The number of hydrogen-bond acceptors (Lipinski definition) is 4. The smallest absolute Gasteiger partial charge is 0.329 e. The van der Waals surface area contributed by atoms with Crippen LogP contribution in [-0.2, 0) is 11.2 Å². The average Bonchev–Trinajstić information content (AvgIpc) is 2.73. The van der Waals surface area contributed by atoms with E-state index in [1.54, 1.807) is 18.2 Å². The molecule has 0 saturated heterocycles. The predicted molar refractivity (Wildman–Crippen MR) is 123 cm³/mol. The van der Waals surface area contributed by atoms with Gasteiger partial charge in [-0.2, -0.15) is 0 Å². The molecule has 0 heterocycles. The molecule has 0 spiro atoms. The van der Waals surface area contributed by atoms with Crippen LogP contribution in [0.4, 0.5) is 25.0 Å². The number of anilines is 2. The minimum Gasteiger partial charge on any atom is -0.612 e. The fourth-order valence-electron chi connectivity index (χ4n) is 2.59. The normalized spacial score (nSPS) is 11.5. The lowest BCUT2D eigenvalue weighted by Crippen LogP contribution is -2.22. The molecule has 6 nitrogen and oxygen atoms in total. The highest BCUT2D eigenvalue weighted by molar-refractivity contribution is 7.98. The SMILES string of the molecule is C[S+]([O-])c1ccc(SNC(=O)Nc2ccc(NC(=O)c3c(F)cccc3F)cc2)cc1Cl. The quantitative estimate of drug-likeness (QED) is 0.314. The van der Waals surface area contributed by atoms with Crippen molar-refractivity contribution >= 4 is 58.0 Å². The van der Waals surface area contributed by atoms with Gasteiger partial charge in [0.2, 0.25) is 0 Å². The Morgan fingerprint density at radius 2 is 1.56 bits per heavy atom. The minimum atomic E-state index is -1.21. The third-order valence-corrected chi connectivity index (χ3v) is 6.24. The molecule has 3 N–H and O–H groups in total. The van der Waals surface area contributed by atoms with Gasteiger partial charge >= 0.3 is 6.03 Å². The monoisotopic (exact) mass is 495 g/mol. The second-order valence-corrected chi connectivity index (χ2v) is 8.97. The Hall–Kier alpha value is -2.79. The van der Waals surface area contributed by atoms with Crippen LogP contribution in [0.1, 0.15) is 10.4 Å². The molecular formula is C21H16ClF2N3O3S2. The Morgan fingerprint density at radius 3 is 2.12 bits per heavy atom. The molecule has 0 aliphatic carbocycles. The summed E-state index contributed by atoms with van der Waals surface area (Å²) in [4.78, 5) is 25.4. The Morgan fingerprint density at radius 1 is 0.969 bits per heavy atom. The van der Waals surface area contributed by atoms with Crippen molar-refractivity contribution in [2.75, 3.05) is 16.9 Å². The summed E-state index contributed by atoms with van der Waals surface area (Å²) in [5.41, 5.74) is 0.0402. The molecule has 3 aromatic carbocycles. The van der Waals surface area contributed by atoms with Crippen molar-refractivity contribution in [2.24, 2.45) is 0 Å². The van der Waals surface area contributed by atoms with Gasteiger partial charge in [-0.05, 0) is 77.7 Å². The second kappa shape index (κ2) is 10.7. The minimum absolute atomic E-state index is 0.293. The molecule has 0 aliphatic heterocycles. The molecule has 11 heteroatoms. The first kappa shape index (κ1) is 23.9. The molecule has 0 fully saturated rings. The Balaban J connectivity index is 1.54. The van der Waals surface area contributed by atoms with Crippen molar-refractivity contribution in [3.05, 3.63) is 82.9 Å². The molecule has 32 heavy (non-hydrogen) atoms. The van der Waals surface area contributed by atoms with Gasteiger partial charge in [0, 0.05) is 16.3 Å². The number of hydrogen-bond donors (Lipinski definition) is 3. The number of urea groups is 1. The van der Waals surface area contributed by atoms with E-state index < -0.39 is 40.3 Å². The van der Waals surface area contributed by atoms with Gasteiger partial charge in [-0.3, -0.25) is 9.52 Å². The lowest BCUT2D eigenvalue weighted by Gasteiger charge is -2.10. The maximum Gasteiger partial charge on any atom is 0.329 e. The van der Waals surface area contributed by atoms with Crippen LogP contribution in [0, 0.1) is 11.6 Å². The molecule has 0 aromatic heterocycles. The van der Waals surface area contributed by atoms with E-state index in [1.807, 2.05) is 0 Å². The summed E-state index contributed by atoms with van der Waals surface area (Å²) in [5.74, 6) is -2.85. The van der Waals surface area contributed by atoms with E-state index in [2.05, 4.69) is 15.4 Å². The number of benzene rings is 3. The number of halogens is 3. The maximum absolute atomic E-state index is 13.7. The highest BCUT2D eigenvalue weighted by Gasteiger charge is 2.17. The Bertz CT molecular complexity index is 1130. The van der Waals surface area contributed by atoms with Gasteiger partial charge in [0.15, 0.2) is 4.90 Å². The van der Waals surface area contributed by atoms with Crippen LogP contribution in [0.2, 0.25) is 5.02 Å². The second-order valence-electron chi connectivity index (χ2n) is 6.33. The van der Waals surface area contributed by atoms with Gasteiger partial charge in [0.1, 0.15) is 23.5 Å². The van der Waals surface area contributed by atoms with Crippen LogP contribution < -0.4 is 15.4 Å². The van der Waals surface area contributed by atoms with Crippen molar-refractivity contribution in [1.82, 2.24) is 4.72 Å². The Labute approximate surface area is 195 Å². The van der Waals surface area contributed by atoms with Gasteiger partial charge in [-0.1, -0.05) is 17.7 Å². The lowest BCUT2D eigenvalue weighted by atomic mass is 10.1. The van der Waals surface area contributed by atoms with Gasteiger partial charge in [-0.15, -0.1) is 0 Å². The van der Waals surface area contributed by atoms with E-state index in [0.717, 1.165) is 24.1 Å². The number of nitrogens with one attached hydrogen (secondary N) is 3. The lowest BCUT2D eigenvalue weighted by molar-refractivity contribution is 0.101. The fraction of sp³-hybridized carbons (Fsp3) is 0.0476. The molecule has 0 aliphatic rings. The van der Waals surface area contributed by atoms with Crippen molar-refractivity contribution in [3.8, 4) is 0 Å². The van der Waals surface area contributed by atoms with Gasteiger partial charge in [0.05, 0.1) is 5.02 Å². The zero-order chi connectivity index (χ0) is 23.3. The molecule has 0 bridgehead atoms. The van der Waals surface area contributed by atoms with Crippen LogP contribution in [0.15, 0.2) is 70.5 Å². The summed E-state index contributed by atoms with van der Waals surface area (Å²) in [7, 11) is 0.